The van der Waals surface area contributed by atoms with Gasteiger partial charge in [0.25, 0.3) is 0 Å². The van der Waals surface area contributed by atoms with Crippen molar-refractivity contribution in [3.05, 3.63) is 29.8 Å². The Morgan fingerprint density at radius 1 is 1.25 bits per heavy atom. The number of benzene rings is 1. The average Bonchev–Trinajstić information content (AvgIpc) is 2.38. The first kappa shape index (κ1) is 16.5. The molecule has 112 valence electrons. The van der Waals surface area contributed by atoms with E-state index in [-0.39, 0.29) is 5.75 Å². The van der Waals surface area contributed by atoms with Gasteiger partial charge in [-0.15, -0.1) is 0 Å². The molecule has 1 rings (SSSR count). The van der Waals surface area contributed by atoms with Gasteiger partial charge < -0.3 is 9.47 Å². The maximum atomic E-state index is 11.7. The van der Waals surface area contributed by atoms with Crippen molar-refractivity contribution in [1.82, 2.24) is 0 Å². The second-order valence-electron chi connectivity index (χ2n) is 4.14. The molecule has 0 saturated heterocycles. The van der Waals surface area contributed by atoms with Gasteiger partial charge in [0.15, 0.2) is 0 Å². The molecular formula is C13H19NO5S. The van der Waals surface area contributed by atoms with Crippen molar-refractivity contribution >= 4 is 16.0 Å². The Kier molecular flexibility index (Phi) is 6.47. The third-order valence-electron chi connectivity index (χ3n) is 2.46. The first-order valence-corrected chi connectivity index (χ1v) is 8.05. The molecule has 0 amide bonds. The Morgan fingerprint density at radius 2 is 1.95 bits per heavy atom. The number of ether oxygens (including phenoxy) is 2. The lowest BCUT2D eigenvalue weighted by Gasteiger charge is -2.10. The molecule has 0 heterocycles. The molecule has 7 heteroatoms. The predicted octanol–water partition coefficient (Wildman–Crippen LogP) is 1.31. The SMILES string of the molecule is CCOC(=O)c1ccccc1OCCCCS(N)(=O)=O. The van der Waals surface area contributed by atoms with Crippen LogP contribution in [0, 0.1) is 0 Å². The van der Waals surface area contributed by atoms with Crippen molar-refractivity contribution in [3.8, 4) is 5.75 Å². The number of unbranched alkanes of at least 4 members (excludes halogenated alkanes) is 1. The molecule has 0 fully saturated rings. The van der Waals surface area contributed by atoms with E-state index in [0.29, 0.717) is 37.4 Å². The second-order valence-corrected chi connectivity index (χ2v) is 5.87. The van der Waals surface area contributed by atoms with E-state index in [4.69, 9.17) is 14.6 Å². The van der Waals surface area contributed by atoms with Crippen LogP contribution >= 0.6 is 0 Å². The van der Waals surface area contributed by atoms with Crippen LogP contribution in [0.25, 0.3) is 0 Å². The van der Waals surface area contributed by atoms with Gasteiger partial charge >= 0.3 is 5.97 Å². The number of carbonyl (C=O) groups excluding carboxylic acids is 1. The molecule has 0 aliphatic rings. The van der Waals surface area contributed by atoms with E-state index in [0.717, 1.165) is 0 Å². The molecule has 1 aromatic carbocycles. The Balaban J connectivity index is 2.50. The second kappa shape index (κ2) is 7.86. The molecule has 0 unspecified atom stereocenters. The van der Waals surface area contributed by atoms with E-state index in [9.17, 15) is 13.2 Å². The predicted molar refractivity (Wildman–Crippen MR) is 75.1 cm³/mol. The molecule has 0 aromatic heterocycles. The number of carbonyl (C=O) groups is 1. The number of sulfonamides is 1. The fraction of sp³-hybridized carbons (Fsp3) is 0.462. The molecular weight excluding hydrogens is 282 g/mol. The molecule has 0 saturated carbocycles. The van der Waals surface area contributed by atoms with Crippen LogP contribution in [-0.2, 0) is 14.8 Å². The van der Waals surface area contributed by atoms with Crippen LogP contribution in [0.2, 0.25) is 0 Å². The summed E-state index contributed by atoms with van der Waals surface area (Å²) in [7, 11) is -3.43. The van der Waals surface area contributed by atoms with Crippen LogP contribution in [0.5, 0.6) is 5.75 Å². The van der Waals surface area contributed by atoms with Crippen molar-refractivity contribution < 1.29 is 22.7 Å². The summed E-state index contributed by atoms with van der Waals surface area (Å²) in [6.07, 6.45) is 0.952. The summed E-state index contributed by atoms with van der Waals surface area (Å²) >= 11 is 0. The summed E-state index contributed by atoms with van der Waals surface area (Å²) in [4.78, 5) is 11.7. The van der Waals surface area contributed by atoms with Crippen molar-refractivity contribution in [2.45, 2.75) is 19.8 Å². The number of esters is 1. The van der Waals surface area contributed by atoms with E-state index in [1.54, 1.807) is 31.2 Å². The first-order valence-electron chi connectivity index (χ1n) is 6.33. The highest BCUT2D eigenvalue weighted by Crippen LogP contribution is 2.19. The Hall–Kier alpha value is -1.60. The molecule has 0 aliphatic heterocycles. The molecule has 1 aromatic rings. The average molecular weight is 301 g/mol. The summed E-state index contributed by atoms with van der Waals surface area (Å²) in [6, 6.07) is 6.77. The third kappa shape index (κ3) is 6.03. The summed E-state index contributed by atoms with van der Waals surface area (Å²) in [5, 5.41) is 4.90. The lowest BCUT2D eigenvalue weighted by atomic mass is 10.2. The normalized spacial score (nSPS) is 11.1. The highest BCUT2D eigenvalue weighted by molar-refractivity contribution is 7.89. The van der Waals surface area contributed by atoms with Gasteiger partial charge in [-0.2, -0.15) is 0 Å². The molecule has 0 atom stereocenters. The van der Waals surface area contributed by atoms with E-state index in [2.05, 4.69) is 0 Å². The Bertz CT molecular complexity index is 541. The molecule has 0 bridgehead atoms. The van der Waals surface area contributed by atoms with Crippen LogP contribution in [0.1, 0.15) is 30.1 Å². The quantitative estimate of drug-likeness (QED) is 0.577. The maximum absolute atomic E-state index is 11.7. The Labute approximate surface area is 118 Å². The zero-order valence-corrected chi connectivity index (χ0v) is 12.2. The van der Waals surface area contributed by atoms with E-state index >= 15 is 0 Å². The maximum Gasteiger partial charge on any atom is 0.341 e. The van der Waals surface area contributed by atoms with Crippen LogP contribution in [0.15, 0.2) is 24.3 Å². The minimum absolute atomic E-state index is 0.0735. The standard InChI is InChI=1S/C13H19NO5S/c1-2-18-13(15)11-7-3-4-8-12(11)19-9-5-6-10-20(14,16)17/h3-4,7-8H,2,5-6,9-10H2,1H3,(H2,14,16,17). The summed E-state index contributed by atoms with van der Waals surface area (Å²) in [5.41, 5.74) is 0.362. The van der Waals surface area contributed by atoms with Gasteiger partial charge in [0.05, 0.1) is 19.0 Å². The van der Waals surface area contributed by atoms with Crippen LogP contribution in [-0.4, -0.2) is 33.4 Å². The fourth-order valence-corrected chi connectivity index (χ4v) is 2.16. The minimum atomic E-state index is -3.43. The molecule has 2 N–H and O–H groups in total. The van der Waals surface area contributed by atoms with Gasteiger partial charge in [-0.25, -0.2) is 18.4 Å². The van der Waals surface area contributed by atoms with Crippen LogP contribution in [0.3, 0.4) is 0 Å². The molecule has 20 heavy (non-hydrogen) atoms. The van der Waals surface area contributed by atoms with E-state index < -0.39 is 16.0 Å². The number of para-hydroxylation sites is 1. The molecule has 0 radical (unpaired) electrons. The van der Waals surface area contributed by atoms with E-state index in [1.165, 1.54) is 0 Å². The highest BCUT2D eigenvalue weighted by atomic mass is 32.2. The number of hydrogen-bond acceptors (Lipinski definition) is 5. The first-order chi connectivity index (χ1) is 9.44. The van der Waals surface area contributed by atoms with Crippen LogP contribution in [0.4, 0.5) is 0 Å². The topological polar surface area (TPSA) is 95.7 Å². The summed E-state index contributed by atoms with van der Waals surface area (Å²) < 4.78 is 31.9. The van der Waals surface area contributed by atoms with Gasteiger partial charge in [0, 0.05) is 0 Å². The fourth-order valence-electron chi connectivity index (χ4n) is 1.56. The van der Waals surface area contributed by atoms with Crippen molar-refractivity contribution in [2.75, 3.05) is 19.0 Å². The summed E-state index contributed by atoms with van der Waals surface area (Å²) in [5.74, 6) is -0.0789. The van der Waals surface area contributed by atoms with Gasteiger partial charge in [0.1, 0.15) is 11.3 Å². The number of hydrogen-bond donors (Lipinski definition) is 1. The highest BCUT2D eigenvalue weighted by Gasteiger charge is 2.12. The van der Waals surface area contributed by atoms with Gasteiger partial charge in [-0.3, -0.25) is 0 Å². The monoisotopic (exact) mass is 301 g/mol. The molecule has 0 aliphatic carbocycles. The van der Waals surface area contributed by atoms with Crippen molar-refractivity contribution in [2.24, 2.45) is 5.14 Å². The van der Waals surface area contributed by atoms with Crippen molar-refractivity contribution in [3.63, 3.8) is 0 Å². The number of nitrogens with two attached hydrogens (primary N) is 1. The lowest BCUT2D eigenvalue weighted by Crippen LogP contribution is -2.17. The lowest BCUT2D eigenvalue weighted by molar-refractivity contribution is 0.0521. The van der Waals surface area contributed by atoms with Crippen LogP contribution < -0.4 is 9.88 Å². The van der Waals surface area contributed by atoms with E-state index in [1.807, 2.05) is 0 Å². The third-order valence-corrected chi connectivity index (χ3v) is 3.32. The van der Waals surface area contributed by atoms with Gasteiger partial charge in [-0.05, 0) is 31.9 Å². The Morgan fingerprint density at radius 3 is 2.60 bits per heavy atom. The smallest absolute Gasteiger partial charge is 0.341 e. The van der Waals surface area contributed by atoms with Gasteiger partial charge in [0.2, 0.25) is 10.0 Å². The molecule has 0 spiro atoms. The van der Waals surface area contributed by atoms with Gasteiger partial charge in [-0.1, -0.05) is 12.1 Å². The summed E-state index contributed by atoms with van der Waals surface area (Å²) in [6.45, 7) is 2.34. The number of rotatable bonds is 8. The molecule has 6 nitrogen and oxygen atoms in total. The zero-order valence-electron chi connectivity index (χ0n) is 11.4. The number of primary sulfonamides is 1. The van der Waals surface area contributed by atoms with Crippen molar-refractivity contribution in [1.29, 1.82) is 0 Å². The minimum Gasteiger partial charge on any atom is -0.493 e. The largest absolute Gasteiger partial charge is 0.493 e. The zero-order chi connectivity index (χ0) is 15.0.